The van der Waals surface area contributed by atoms with Crippen LogP contribution in [-0.2, 0) is 17.8 Å². The van der Waals surface area contributed by atoms with Gasteiger partial charge in [0.05, 0.1) is 14.2 Å². The van der Waals surface area contributed by atoms with Crippen LogP contribution in [0.25, 0.3) is 21.5 Å². The van der Waals surface area contributed by atoms with E-state index in [4.69, 9.17) is 14.2 Å². The molecule has 1 saturated heterocycles. The van der Waals surface area contributed by atoms with E-state index in [0.717, 1.165) is 29.5 Å². The summed E-state index contributed by atoms with van der Waals surface area (Å²) in [5.41, 5.74) is 2.80. The molecule has 0 unspecified atom stereocenters. The van der Waals surface area contributed by atoms with E-state index in [-0.39, 0.29) is 5.97 Å². The van der Waals surface area contributed by atoms with Gasteiger partial charge in [0.25, 0.3) is 0 Å². The van der Waals surface area contributed by atoms with Crippen LogP contribution in [0.4, 0.5) is 0 Å². The summed E-state index contributed by atoms with van der Waals surface area (Å²) in [5.74, 6) is 1.70. The SMILES string of the molecule is COc1cc2c3c(c4ccc(OC(C)=O)cc4c2cc1OC)C[C@@H]1CCCN1C3. The predicted molar refractivity (Wildman–Crippen MR) is 113 cm³/mol. The second-order valence-electron chi connectivity index (χ2n) is 7.98. The van der Waals surface area contributed by atoms with Crippen LogP contribution in [0.2, 0.25) is 0 Å². The lowest BCUT2D eigenvalue weighted by Crippen LogP contribution is -2.35. The molecule has 150 valence electrons. The third-order valence-corrected chi connectivity index (χ3v) is 6.38. The summed E-state index contributed by atoms with van der Waals surface area (Å²) < 4.78 is 16.6. The van der Waals surface area contributed by atoms with Crippen molar-refractivity contribution in [3.8, 4) is 17.2 Å². The molecule has 3 aromatic rings. The molecule has 0 radical (unpaired) electrons. The van der Waals surface area contributed by atoms with Crippen molar-refractivity contribution in [3.05, 3.63) is 41.5 Å². The van der Waals surface area contributed by atoms with E-state index in [1.807, 2.05) is 18.2 Å². The minimum Gasteiger partial charge on any atom is -0.493 e. The molecule has 0 saturated carbocycles. The van der Waals surface area contributed by atoms with Gasteiger partial charge in [-0.1, -0.05) is 6.07 Å². The van der Waals surface area contributed by atoms with Crippen molar-refractivity contribution in [1.29, 1.82) is 0 Å². The van der Waals surface area contributed by atoms with Gasteiger partial charge in [0.1, 0.15) is 5.75 Å². The van der Waals surface area contributed by atoms with Crippen molar-refractivity contribution in [2.45, 2.75) is 38.8 Å². The first-order valence-electron chi connectivity index (χ1n) is 10.1. The summed E-state index contributed by atoms with van der Waals surface area (Å²) in [7, 11) is 3.33. The van der Waals surface area contributed by atoms with Gasteiger partial charge >= 0.3 is 5.97 Å². The molecule has 0 aromatic heterocycles. The van der Waals surface area contributed by atoms with E-state index in [1.165, 1.54) is 48.2 Å². The Hall–Kier alpha value is -2.79. The van der Waals surface area contributed by atoms with Crippen LogP contribution in [-0.4, -0.2) is 37.7 Å². The van der Waals surface area contributed by atoms with E-state index in [1.54, 1.807) is 14.2 Å². The molecule has 0 spiro atoms. The van der Waals surface area contributed by atoms with Crippen LogP contribution >= 0.6 is 0 Å². The Labute approximate surface area is 170 Å². The molecule has 5 rings (SSSR count). The summed E-state index contributed by atoms with van der Waals surface area (Å²) >= 11 is 0. The molecule has 5 nitrogen and oxygen atoms in total. The van der Waals surface area contributed by atoms with E-state index in [0.29, 0.717) is 17.5 Å². The molecule has 2 aliphatic heterocycles. The standard InChI is InChI=1S/C24H25NO4/c1-14(26)29-16-6-7-17-18-9-15-5-4-8-25(15)13-22(18)21-12-24(28-3)23(27-2)11-20(21)19(17)10-16/h6-7,10-12,15H,4-5,8-9,13H2,1-3H3/t15-/m0/s1. The molecule has 3 aromatic carbocycles. The first kappa shape index (κ1) is 18.3. The number of nitrogens with zero attached hydrogens (tertiary/aromatic N) is 1. The van der Waals surface area contributed by atoms with Crippen molar-refractivity contribution in [1.82, 2.24) is 4.90 Å². The van der Waals surface area contributed by atoms with Crippen molar-refractivity contribution in [3.63, 3.8) is 0 Å². The molecule has 2 aliphatic rings. The van der Waals surface area contributed by atoms with Crippen molar-refractivity contribution in [2.24, 2.45) is 0 Å². The zero-order valence-corrected chi connectivity index (χ0v) is 17.1. The van der Waals surface area contributed by atoms with Gasteiger partial charge in [-0.15, -0.1) is 0 Å². The highest BCUT2D eigenvalue weighted by Crippen LogP contribution is 2.44. The lowest BCUT2D eigenvalue weighted by atomic mass is 9.85. The minimum atomic E-state index is -0.313. The van der Waals surface area contributed by atoms with Gasteiger partial charge in [0.15, 0.2) is 11.5 Å². The third-order valence-electron chi connectivity index (χ3n) is 6.38. The number of rotatable bonds is 3. The van der Waals surface area contributed by atoms with Crippen LogP contribution in [0.15, 0.2) is 30.3 Å². The Balaban J connectivity index is 1.84. The molecule has 0 bridgehead atoms. The van der Waals surface area contributed by atoms with Gasteiger partial charge in [0, 0.05) is 19.5 Å². The van der Waals surface area contributed by atoms with Crippen LogP contribution in [0.5, 0.6) is 17.2 Å². The van der Waals surface area contributed by atoms with Crippen LogP contribution in [0, 0.1) is 0 Å². The summed E-state index contributed by atoms with van der Waals surface area (Å²) in [4.78, 5) is 14.1. The maximum Gasteiger partial charge on any atom is 0.308 e. The highest BCUT2D eigenvalue weighted by molar-refractivity contribution is 6.12. The summed E-state index contributed by atoms with van der Waals surface area (Å²) in [6.45, 7) is 3.56. The van der Waals surface area contributed by atoms with Gasteiger partial charge in [0.2, 0.25) is 0 Å². The first-order valence-corrected chi connectivity index (χ1v) is 10.1. The van der Waals surface area contributed by atoms with Gasteiger partial charge in [-0.05, 0) is 82.7 Å². The fourth-order valence-electron chi connectivity index (χ4n) is 5.10. The highest BCUT2D eigenvalue weighted by atomic mass is 16.5. The molecule has 0 amide bonds. The number of ether oxygens (including phenoxy) is 3. The van der Waals surface area contributed by atoms with Crippen LogP contribution in [0.3, 0.4) is 0 Å². The smallest absolute Gasteiger partial charge is 0.308 e. The Morgan fingerprint density at radius 3 is 2.41 bits per heavy atom. The second-order valence-corrected chi connectivity index (χ2v) is 7.98. The van der Waals surface area contributed by atoms with Crippen molar-refractivity contribution >= 4 is 27.5 Å². The molecule has 0 N–H and O–H groups in total. The molecule has 1 fully saturated rings. The van der Waals surface area contributed by atoms with Crippen molar-refractivity contribution in [2.75, 3.05) is 20.8 Å². The molecular formula is C24H25NO4. The number of hydrogen-bond acceptors (Lipinski definition) is 5. The molecule has 0 aliphatic carbocycles. The number of carbonyl (C=O) groups excluding carboxylic acids is 1. The lowest BCUT2D eigenvalue weighted by Gasteiger charge is -2.33. The highest BCUT2D eigenvalue weighted by Gasteiger charge is 2.32. The normalized spacial score (nSPS) is 18.5. The zero-order chi connectivity index (χ0) is 20.1. The van der Waals surface area contributed by atoms with Gasteiger partial charge in [-0.3, -0.25) is 9.69 Å². The Morgan fingerprint density at radius 2 is 1.69 bits per heavy atom. The largest absolute Gasteiger partial charge is 0.493 e. The van der Waals surface area contributed by atoms with E-state index >= 15 is 0 Å². The summed E-state index contributed by atoms with van der Waals surface area (Å²) in [5, 5.41) is 4.62. The van der Waals surface area contributed by atoms with Gasteiger partial charge in [-0.25, -0.2) is 0 Å². The lowest BCUT2D eigenvalue weighted by molar-refractivity contribution is -0.131. The van der Waals surface area contributed by atoms with Crippen molar-refractivity contribution < 1.29 is 19.0 Å². The maximum atomic E-state index is 11.5. The third kappa shape index (κ3) is 2.92. The monoisotopic (exact) mass is 391 g/mol. The van der Waals surface area contributed by atoms with Gasteiger partial charge < -0.3 is 14.2 Å². The number of fused-ring (bicyclic) bond motifs is 7. The zero-order valence-electron chi connectivity index (χ0n) is 17.1. The molecule has 1 atom stereocenters. The number of benzene rings is 3. The topological polar surface area (TPSA) is 48.0 Å². The Kier molecular flexibility index (Phi) is 4.36. The summed E-state index contributed by atoms with van der Waals surface area (Å²) in [6.07, 6.45) is 3.59. The van der Waals surface area contributed by atoms with E-state index in [2.05, 4.69) is 17.0 Å². The Morgan fingerprint density at radius 1 is 0.966 bits per heavy atom. The van der Waals surface area contributed by atoms with Gasteiger partial charge in [-0.2, -0.15) is 0 Å². The summed E-state index contributed by atoms with van der Waals surface area (Å²) in [6, 6.07) is 10.7. The van der Waals surface area contributed by atoms with Crippen LogP contribution in [0.1, 0.15) is 30.9 Å². The maximum absolute atomic E-state index is 11.5. The number of esters is 1. The molecule has 29 heavy (non-hydrogen) atoms. The average molecular weight is 391 g/mol. The predicted octanol–water partition coefficient (Wildman–Crippen LogP) is 4.46. The molecule has 5 heteroatoms. The average Bonchev–Trinajstić information content (AvgIpc) is 3.18. The first-order chi connectivity index (χ1) is 14.1. The minimum absolute atomic E-state index is 0.313. The fourth-order valence-corrected chi connectivity index (χ4v) is 5.10. The fraction of sp³-hybridized carbons (Fsp3) is 0.375. The van der Waals surface area contributed by atoms with Crippen LogP contribution < -0.4 is 14.2 Å². The quantitative estimate of drug-likeness (QED) is 0.375. The van der Waals surface area contributed by atoms with E-state index in [9.17, 15) is 4.79 Å². The Bertz CT molecular complexity index is 1140. The number of carbonyl (C=O) groups is 1. The van der Waals surface area contributed by atoms with E-state index < -0.39 is 0 Å². The second kappa shape index (κ2) is 6.92. The number of methoxy groups -OCH3 is 2. The molecular weight excluding hydrogens is 366 g/mol. The number of hydrogen-bond donors (Lipinski definition) is 0. The molecule has 2 heterocycles.